The summed E-state index contributed by atoms with van der Waals surface area (Å²) in [5.41, 5.74) is 2.55. The van der Waals surface area contributed by atoms with Gasteiger partial charge in [0.15, 0.2) is 0 Å². The molecule has 0 radical (unpaired) electrons. The van der Waals surface area contributed by atoms with Crippen LogP contribution in [0.25, 0.3) is 0 Å². The van der Waals surface area contributed by atoms with E-state index in [1.54, 1.807) is 42.1 Å². The van der Waals surface area contributed by atoms with Crippen LogP contribution in [0.15, 0.2) is 72.1 Å². The molecule has 3 heterocycles. The summed E-state index contributed by atoms with van der Waals surface area (Å²) in [7, 11) is 0. The smallest absolute Gasteiger partial charge is 0.329 e. The number of esters is 1. The first-order valence-corrected chi connectivity index (χ1v) is 12.2. The zero-order valence-electron chi connectivity index (χ0n) is 19.4. The summed E-state index contributed by atoms with van der Waals surface area (Å²) in [4.78, 5) is 28.4. The number of aromatic nitrogens is 2. The molecule has 1 aromatic heterocycles. The summed E-state index contributed by atoms with van der Waals surface area (Å²) in [6.45, 7) is 1.89. The highest BCUT2D eigenvalue weighted by Crippen LogP contribution is 2.39. The Hall–Kier alpha value is -3.33. The van der Waals surface area contributed by atoms with Crippen LogP contribution in [0.1, 0.15) is 30.5 Å². The summed E-state index contributed by atoms with van der Waals surface area (Å²) in [5.74, 6) is -0.243. The molecule has 1 amide bonds. The number of ether oxygens (including phenoxy) is 1. The number of allylic oxidation sites excluding steroid dienone is 1. The quantitative estimate of drug-likeness (QED) is 0.484. The van der Waals surface area contributed by atoms with Crippen LogP contribution >= 0.6 is 23.2 Å². The Kier molecular flexibility index (Phi) is 6.75. The predicted octanol–water partition coefficient (Wildman–Crippen LogP) is 4.18. The molecule has 0 saturated carbocycles. The third-order valence-corrected chi connectivity index (χ3v) is 7.17. The number of nitrogens with one attached hydrogen (secondary N) is 1. The number of aliphatic hydroxyl groups excluding tert-OH is 1. The number of halogens is 2. The van der Waals surface area contributed by atoms with Crippen LogP contribution in [-0.2, 0) is 20.9 Å². The van der Waals surface area contributed by atoms with Gasteiger partial charge in [-0.15, -0.1) is 0 Å². The molecule has 1 saturated heterocycles. The van der Waals surface area contributed by atoms with E-state index < -0.39 is 30.1 Å². The van der Waals surface area contributed by atoms with Gasteiger partial charge in [-0.05, 0) is 30.2 Å². The topological polar surface area (TPSA) is 96.7 Å². The molecule has 2 aliphatic rings. The Labute approximate surface area is 218 Å². The first-order valence-electron chi connectivity index (χ1n) is 11.5. The third kappa shape index (κ3) is 4.59. The number of amides is 1. The van der Waals surface area contributed by atoms with Gasteiger partial charge in [-0.1, -0.05) is 59.6 Å². The lowest BCUT2D eigenvalue weighted by atomic mass is 9.94. The number of nitrogens with zero attached hydrogens (tertiary/aromatic N) is 3. The van der Waals surface area contributed by atoms with E-state index in [0.29, 0.717) is 32.7 Å². The molecule has 2 aliphatic heterocycles. The van der Waals surface area contributed by atoms with Crippen LogP contribution in [0.4, 0.5) is 5.82 Å². The van der Waals surface area contributed by atoms with Crippen LogP contribution in [0.2, 0.25) is 10.0 Å². The molecule has 2 N–H and O–H groups in total. The molecular weight excluding hydrogens is 503 g/mol. The van der Waals surface area contributed by atoms with Gasteiger partial charge in [0.2, 0.25) is 0 Å². The highest BCUT2D eigenvalue weighted by atomic mass is 35.5. The van der Waals surface area contributed by atoms with Crippen molar-refractivity contribution in [3.8, 4) is 0 Å². The molecule has 3 atom stereocenters. The van der Waals surface area contributed by atoms with E-state index in [1.807, 2.05) is 30.3 Å². The maximum absolute atomic E-state index is 14.0. The molecule has 0 spiro atoms. The summed E-state index contributed by atoms with van der Waals surface area (Å²) < 4.78 is 7.20. The minimum absolute atomic E-state index is 0.0147. The molecule has 10 heteroatoms. The molecule has 8 nitrogen and oxygen atoms in total. The van der Waals surface area contributed by atoms with E-state index in [2.05, 4.69) is 10.4 Å². The van der Waals surface area contributed by atoms with E-state index in [1.165, 1.54) is 4.90 Å². The molecule has 3 aromatic rings. The zero-order chi connectivity index (χ0) is 25.4. The number of β-amino-alcohol motifs (C(OH)–C–C–N with tert-alkyl or cyclic N) is 1. The number of rotatable bonds is 5. The van der Waals surface area contributed by atoms with Crippen molar-refractivity contribution in [1.29, 1.82) is 0 Å². The molecule has 0 aliphatic carbocycles. The molecule has 5 rings (SSSR count). The highest BCUT2D eigenvalue weighted by molar-refractivity contribution is 6.42. The first kappa shape index (κ1) is 24.4. The molecule has 36 heavy (non-hydrogen) atoms. The number of carbonyl (C=O) groups excluding carboxylic acids is 2. The van der Waals surface area contributed by atoms with Gasteiger partial charge >= 0.3 is 5.97 Å². The lowest BCUT2D eigenvalue weighted by Crippen LogP contribution is -2.44. The fourth-order valence-corrected chi connectivity index (χ4v) is 5.02. The summed E-state index contributed by atoms with van der Waals surface area (Å²) >= 11 is 12.5. The minimum atomic E-state index is -0.912. The number of hydrogen-bond donors (Lipinski definition) is 2. The van der Waals surface area contributed by atoms with Crippen molar-refractivity contribution < 1.29 is 19.4 Å². The van der Waals surface area contributed by atoms with Crippen molar-refractivity contribution in [1.82, 2.24) is 14.7 Å². The zero-order valence-corrected chi connectivity index (χ0v) is 20.9. The van der Waals surface area contributed by atoms with E-state index in [-0.39, 0.29) is 19.6 Å². The van der Waals surface area contributed by atoms with Crippen molar-refractivity contribution in [2.24, 2.45) is 0 Å². The van der Waals surface area contributed by atoms with Gasteiger partial charge in [-0.3, -0.25) is 4.79 Å². The monoisotopic (exact) mass is 526 g/mol. The number of benzene rings is 2. The second-order valence-corrected chi connectivity index (χ2v) is 9.67. The van der Waals surface area contributed by atoms with Crippen molar-refractivity contribution in [3.05, 3.63) is 93.2 Å². The third-order valence-electron chi connectivity index (χ3n) is 6.43. The van der Waals surface area contributed by atoms with Gasteiger partial charge in [0.25, 0.3) is 5.91 Å². The number of aliphatic hydroxyl groups is 1. The van der Waals surface area contributed by atoms with E-state index >= 15 is 0 Å². The Balaban J connectivity index is 1.46. The van der Waals surface area contributed by atoms with E-state index in [0.717, 1.165) is 5.56 Å². The van der Waals surface area contributed by atoms with Gasteiger partial charge in [-0.2, -0.15) is 5.10 Å². The molecule has 0 bridgehead atoms. The normalized spacial score (nSPS) is 21.2. The lowest BCUT2D eigenvalue weighted by Gasteiger charge is -2.33. The van der Waals surface area contributed by atoms with Gasteiger partial charge in [0, 0.05) is 24.7 Å². The van der Waals surface area contributed by atoms with Crippen molar-refractivity contribution in [3.63, 3.8) is 0 Å². The SMILES string of the molecule is CC1=C(C(=O)N2CC(O)CC2C(=O)OCc2ccccc2)C(c2ccc(Cl)c(Cl)c2)n2nccc2N1. The van der Waals surface area contributed by atoms with Gasteiger partial charge < -0.3 is 20.1 Å². The van der Waals surface area contributed by atoms with Crippen LogP contribution in [-0.4, -0.2) is 50.4 Å². The second kappa shape index (κ2) is 9.97. The lowest BCUT2D eigenvalue weighted by molar-refractivity contribution is -0.153. The largest absolute Gasteiger partial charge is 0.459 e. The summed E-state index contributed by atoms with van der Waals surface area (Å²) in [6, 6.07) is 14.7. The summed E-state index contributed by atoms with van der Waals surface area (Å²) in [6.07, 6.45) is 0.893. The second-order valence-electron chi connectivity index (χ2n) is 8.86. The number of likely N-dealkylation sites (tertiary alicyclic amines) is 1. The van der Waals surface area contributed by atoms with E-state index in [9.17, 15) is 14.7 Å². The standard InChI is InChI=1S/C26H24Cl2N4O4/c1-15-23(24(32-22(30-15)9-10-29-32)17-7-8-19(27)20(28)11-17)25(34)31-13-18(33)12-21(31)26(35)36-14-16-5-3-2-4-6-16/h2-11,18,21,24,30,33H,12-14H2,1H3. The number of fused-ring (bicyclic) bond motifs is 1. The van der Waals surface area contributed by atoms with Crippen molar-refractivity contribution >= 4 is 40.9 Å². The average molecular weight is 527 g/mol. The fourth-order valence-electron chi connectivity index (χ4n) is 4.71. The Morgan fingerprint density at radius 2 is 1.92 bits per heavy atom. The molecule has 186 valence electrons. The van der Waals surface area contributed by atoms with Gasteiger partial charge in [0.1, 0.15) is 24.5 Å². The van der Waals surface area contributed by atoms with Crippen LogP contribution < -0.4 is 5.32 Å². The van der Waals surface area contributed by atoms with Crippen LogP contribution in [0.5, 0.6) is 0 Å². The Morgan fingerprint density at radius 1 is 1.14 bits per heavy atom. The average Bonchev–Trinajstić information content (AvgIpc) is 3.50. The number of anilines is 1. The minimum Gasteiger partial charge on any atom is -0.459 e. The fraction of sp³-hybridized carbons (Fsp3) is 0.269. The maximum Gasteiger partial charge on any atom is 0.329 e. The molecule has 2 aromatic carbocycles. The van der Waals surface area contributed by atoms with Gasteiger partial charge in [0.05, 0.1) is 27.9 Å². The first-order chi connectivity index (χ1) is 17.3. The summed E-state index contributed by atoms with van der Waals surface area (Å²) in [5, 5.41) is 18.8. The maximum atomic E-state index is 14.0. The molecule has 3 unspecified atom stereocenters. The Morgan fingerprint density at radius 3 is 2.67 bits per heavy atom. The van der Waals surface area contributed by atoms with Gasteiger partial charge in [-0.25, -0.2) is 9.48 Å². The molecular formula is C26H24Cl2N4O4. The van der Waals surface area contributed by atoms with Crippen LogP contribution in [0, 0.1) is 0 Å². The van der Waals surface area contributed by atoms with Crippen molar-refractivity contribution in [2.45, 2.75) is 38.1 Å². The van der Waals surface area contributed by atoms with E-state index in [4.69, 9.17) is 27.9 Å². The predicted molar refractivity (Wildman–Crippen MR) is 136 cm³/mol. The van der Waals surface area contributed by atoms with Crippen LogP contribution in [0.3, 0.4) is 0 Å². The Bertz CT molecular complexity index is 1340. The van der Waals surface area contributed by atoms with Crippen molar-refractivity contribution in [2.75, 3.05) is 11.9 Å². The highest BCUT2D eigenvalue weighted by Gasteiger charge is 2.44. The number of hydrogen-bond acceptors (Lipinski definition) is 6. The number of carbonyl (C=O) groups is 2. The molecule has 1 fully saturated rings.